The van der Waals surface area contributed by atoms with Crippen molar-refractivity contribution in [3.63, 3.8) is 0 Å². The first kappa shape index (κ1) is 14.3. The molecule has 4 heteroatoms. The number of benzene rings is 1. The van der Waals surface area contributed by atoms with Gasteiger partial charge >= 0.3 is 0 Å². The lowest BCUT2D eigenvalue weighted by Crippen LogP contribution is -2.23. The van der Waals surface area contributed by atoms with Crippen LogP contribution in [0.3, 0.4) is 0 Å². The van der Waals surface area contributed by atoms with E-state index in [9.17, 15) is 4.79 Å². The molecule has 0 radical (unpaired) electrons. The van der Waals surface area contributed by atoms with Crippen molar-refractivity contribution in [3.05, 3.63) is 71.0 Å². The van der Waals surface area contributed by atoms with E-state index in [1.54, 1.807) is 18.5 Å². The van der Waals surface area contributed by atoms with Gasteiger partial charge in [-0.15, -0.1) is 0 Å². The SMILES string of the molecule is O=C(/C=C/c1ccncc1)NCCc1ccc(Cl)cc1. The van der Waals surface area contributed by atoms with Crippen LogP contribution < -0.4 is 5.32 Å². The molecule has 0 aliphatic carbocycles. The quantitative estimate of drug-likeness (QED) is 0.858. The van der Waals surface area contributed by atoms with Gasteiger partial charge in [-0.3, -0.25) is 9.78 Å². The van der Waals surface area contributed by atoms with Crippen molar-refractivity contribution in [2.24, 2.45) is 0 Å². The molecule has 3 nitrogen and oxygen atoms in total. The molecule has 1 aromatic carbocycles. The van der Waals surface area contributed by atoms with Crippen molar-refractivity contribution in [2.45, 2.75) is 6.42 Å². The van der Waals surface area contributed by atoms with Gasteiger partial charge in [0.1, 0.15) is 0 Å². The third-order valence-corrected chi connectivity index (χ3v) is 3.01. The first-order valence-electron chi connectivity index (χ1n) is 6.34. The molecule has 0 aliphatic rings. The van der Waals surface area contributed by atoms with Crippen LogP contribution in [0.1, 0.15) is 11.1 Å². The molecule has 102 valence electrons. The van der Waals surface area contributed by atoms with E-state index >= 15 is 0 Å². The molecule has 0 aliphatic heterocycles. The van der Waals surface area contributed by atoms with Crippen molar-refractivity contribution in [2.75, 3.05) is 6.54 Å². The summed E-state index contributed by atoms with van der Waals surface area (Å²) in [6.45, 7) is 0.598. The summed E-state index contributed by atoms with van der Waals surface area (Å²) in [5.41, 5.74) is 2.10. The maximum Gasteiger partial charge on any atom is 0.244 e. The molecule has 0 bridgehead atoms. The van der Waals surface area contributed by atoms with Gasteiger partial charge in [0.05, 0.1) is 0 Å². The van der Waals surface area contributed by atoms with Crippen molar-refractivity contribution in [1.82, 2.24) is 10.3 Å². The summed E-state index contributed by atoms with van der Waals surface area (Å²) in [4.78, 5) is 15.5. The van der Waals surface area contributed by atoms with E-state index in [4.69, 9.17) is 11.6 Å². The predicted octanol–water partition coefficient (Wildman–Crippen LogP) is 3.11. The average molecular weight is 287 g/mol. The van der Waals surface area contributed by atoms with Crippen LogP contribution in [0.15, 0.2) is 54.9 Å². The molecule has 1 N–H and O–H groups in total. The van der Waals surface area contributed by atoms with Crippen molar-refractivity contribution in [3.8, 4) is 0 Å². The highest BCUT2D eigenvalue weighted by molar-refractivity contribution is 6.30. The number of pyridine rings is 1. The summed E-state index contributed by atoms with van der Waals surface area (Å²) in [6, 6.07) is 11.3. The number of hydrogen-bond acceptors (Lipinski definition) is 2. The average Bonchev–Trinajstić information content (AvgIpc) is 2.48. The van der Waals surface area contributed by atoms with Gasteiger partial charge in [0.15, 0.2) is 0 Å². The minimum Gasteiger partial charge on any atom is -0.352 e. The third-order valence-electron chi connectivity index (χ3n) is 2.76. The van der Waals surface area contributed by atoms with E-state index in [1.165, 1.54) is 6.08 Å². The van der Waals surface area contributed by atoms with Gasteiger partial charge in [0.2, 0.25) is 5.91 Å². The van der Waals surface area contributed by atoms with E-state index in [0.29, 0.717) is 6.54 Å². The molecule has 20 heavy (non-hydrogen) atoms. The Labute approximate surface area is 123 Å². The van der Waals surface area contributed by atoms with Gasteiger partial charge in [-0.2, -0.15) is 0 Å². The standard InChI is InChI=1S/C16H15ClN2O/c17-15-4-1-13(2-5-15)9-12-19-16(20)6-3-14-7-10-18-11-8-14/h1-8,10-11H,9,12H2,(H,19,20)/b6-3+. The summed E-state index contributed by atoms with van der Waals surface area (Å²) in [5, 5.41) is 3.56. The Bertz CT molecular complexity index is 579. The second kappa shape index (κ2) is 7.46. The van der Waals surface area contributed by atoms with Crippen LogP contribution in [0.25, 0.3) is 6.08 Å². The minimum atomic E-state index is -0.101. The molecular weight excluding hydrogens is 272 g/mol. The maximum atomic E-state index is 11.6. The number of halogens is 1. The molecule has 0 saturated heterocycles. The molecule has 0 saturated carbocycles. The summed E-state index contributed by atoms with van der Waals surface area (Å²) in [6.07, 6.45) is 7.46. The van der Waals surface area contributed by atoms with Gasteiger partial charge in [-0.05, 0) is 47.9 Å². The van der Waals surface area contributed by atoms with E-state index < -0.39 is 0 Å². The van der Waals surface area contributed by atoms with E-state index in [-0.39, 0.29) is 5.91 Å². The van der Waals surface area contributed by atoms with Crippen LogP contribution in [0.4, 0.5) is 0 Å². The molecule has 0 unspecified atom stereocenters. The normalized spacial score (nSPS) is 10.7. The number of amides is 1. The zero-order chi connectivity index (χ0) is 14.2. The lowest BCUT2D eigenvalue weighted by Gasteiger charge is -2.03. The largest absolute Gasteiger partial charge is 0.352 e. The van der Waals surface area contributed by atoms with Gasteiger partial charge in [-0.1, -0.05) is 23.7 Å². The Kier molecular flexibility index (Phi) is 5.33. The number of hydrogen-bond donors (Lipinski definition) is 1. The smallest absolute Gasteiger partial charge is 0.244 e. The van der Waals surface area contributed by atoms with Crippen LogP contribution in [0.5, 0.6) is 0 Å². The summed E-state index contributed by atoms with van der Waals surface area (Å²) in [7, 11) is 0. The summed E-state index contributed by atoms with van der Waals surface area (Å²) >= 11 is 5.81. The van der Waals surface area contributed by atoms with Gasteiger partial charge < -0.3 is 5.32 Å². The Morgan fingerprint density at radius 3 is 2.55 bits per heavy atom. The lowest BCUT2D eigenvalue weighted by atomic mass is 10.1. The fourth-order valence-corrected chi connectivity index (χ4v) is 1.81. The number of aromatic nitrogens is 1. The number of nitrogens with zero attached hydrogens (tertiary/aromatic N) is 1. The predicted molar refractivity (Wildman–Crippen MR) is 81.4 cm³/mol. The highest BCUT2D eigenvalue weighted by Crippen LogP contribution is 2.09. The Balaban J connectivity index is 1.75. The monoisotopic (exact) mass is 286 g/mol. The van der Waals surface area contributed by atoms with Crippen molar-refractivity contribution < 1.29 is 4.79 Å². The van der Waals surface area contributed by atoms with E-state index in [2.05, 4.69) is 10.3 Å². The molecule has 1 heterocycles. The molecular formula is C16H15ClN2O. The number of carbonyl (C=O) groups is 1. The topological polar surface area (TPSA) is 42.0 Å². The third kappa shape index (κ3) is 4.86. The van der Waals surface area contributed by atoms with E-state index in [1.807, 2.05) is 36.4 Å². The van der Waals surface area contributed by atoms with Crippen molar-refractivity contribution in [1.29, 1.82) is 0 Å². The highest BCUT2D eigenvalue weighted by atomic mass is 35.5. The molecule has 0 spiro atoms. The summed E-state index contributed by atoms with van der Waals surface area (Å²) in [5.74, 6) is -0.101. The Morgan fingerprint density at radius 2 is 1.85 bits per heavy atom. The first-order valence-corrected chi connectivity index (χ1v) is 6.72. The van der Waals surface area contributed by atoms with Gasteiger partial charge in [0, 0.05) is 30.0 Å². The van der Waals surface area contributed by atoms with Crippen LogP contribution >= 0.6 is 11.6 Å². The van der Waals surface area contributed by atoms with Gasteiger partial charge in [-0.25, -0.2) is 0 Å². The second-order valence-electron chi connectivity index (χ2n) is 4.28. The van der Waals surface area contributed by atoms with Crippen LogP contribution in [0, 0.1) is 0 Å². The molecule has 1 aromatic heterocycles. The minimum absolute atomic E-state index is 0.101. The van der Waals surface area contributed by atoms with Crippen LogP contribution in [-0.2, 0) is 11.2 Å². The zero-order valence-electron chi connectivity index (χ0n) is 10.9. The number of carbonyl (C=O) groups excluding carboxylic acids is 1. The highest BCUT2D eigenvalue weighted by Gasteiger charge is 1.97. The molecule has 0 fully saturated rings. The fourth-order valence-electron chi connectivity index (χ4n) is 1.69. The maximum absolute atomic E-state index is 11.6. The number of nitrogens with one attached hydrogen (secondary N) is 1. The van der Waals surface area contributed by atoms with Crippen LogP contribution in [0.2, 0.25) is 5.02 Å². The zero-order valence-corrected chi connectivity index (χ0v) is 11.7. The molecule has 1 amide bonds. The van der Waals surface area contributed by atoms with Crippen LogP contribution in [-0.4, -0.2) is 17.4 Å². The molecule has 2 rings (SSSR count). The fraction of sp³-hybridized carbons (Fsp3) is 0.125. The molecule has 2 aromatic rings. The summed E-state index contributed by atoms with van der Waals surface area (Å²) < 4.78 is 0. The Hall–Kier alpha value is -2.13. The number of rotatable bonds is 5. The Morgan fingerprint density at radius 1 is 1.15 bits per heavy atom. The second-order valence-corrected chi connectivity index (χ2v) is 4.72. The lowest BCUT2D eigenvalue weighted by molar-refractivity contribution is -0.116. The van der Waals surface area contributed by atoms with Crippen molar-refractivity contribution >= 4 is 23.6 Å². The van der Waals surface area contributed by atoms with Gasteiger partial charge in [0.25, 0.3) is 0 Å². The van der Waals surface area contributed by atoms with E-state index in [0.717, 1.165) is 22.6 Å². The molecule has 0 atom stereocenters. The first-order chi connectivity index (χ1) is 9.74.